The van der Waals surface area contributed by atoms with Gasteiger partial charge in [-0.25, -0.2) is 13.2 Å². The maximum absolute atomic E-state index is 13.1. The highest BCUT2D eigenvalue weighted by atomic mass is 32.2. The molecule has 2 aromatic carbocycles. The van der Waals surface area contributed by atoms with Crippen molar-refractivity contribution in [1.29, 1.82) is 0 Å². The lowest BCUT2D eigenvalue weighted by atomic mass is 10.1. The van der Waals surface area contributed by atoms with Crippen molar-refractivity contribution in [3.8, 4) is 5.75 Å². The lowest BCUT2D eigenvalue weighted by molar-refractivity contribution is 0.0595. The van der Waals surface area contributed by atoms with Gasteiger partial charge in [0.1, 0.15) is 10.6 Å². The van der Waals surface area contributed by atoms with Crippen LogP contribution in [0.15, 0.2) is 47.4 Å². The zero-order valence-corrected chi connectivity index (χ0v) is 14.8. The first kappa shape index (κ1) is 17.8. The van der Waals surface area contributed by atoms with Crippen LogP contribution in [0.4, 0.5) is 5.69 Å². The van der Waals surface area contributed by atoms with Crippen LogP contribution in [0.2, 0.25) is 0 Å². The molecule has 6 nitrogen and oxygen atoms in total. The average molecular weight is 349 g/mol. The number of carbonyl (C=O) groups excluding carboxylic acids is 1. The summed E-state index contributed by atoms with van der Waals surface area (Å²) in [6.45, 7) is 1.66. The van der Waals surface area contributed by atoms with Gasteiger partial charge < -0.3 is 9.47 Å². The summed E-state index contributed by atoms with van der Waals surface area (Å²) < 4.78 is 37.2. The number of nitrogens with zero attached hydrogens (tertiary/aromatic N) is 1. The molecule has 0 aromatic heterocycles. The predicted octanol–water partition coefficient (Wildman–Crippen LogP) is 2.62. The Morgan fingerprint density at radius 2 is 1.71 bits per heavy atom. The normalized spacial score (nSPS) is 11.0. The number of ether oxygens (including phenoxy) is 2. The van der Waals surface area contributed by atoms with Crippen LogP contribution in [-0.4, -0.2) is 35.7 Å². The summed E-state index contributed by atoms with van der Waals surface area (Å²) in [4.78, 5) is 11.9. The Balaban J connectivity index is 2.63. The Morgan fingerprint density at radius 3 is 2.33 bits per heavy atom. The second-order valence-corrected chi connectivity index (χ2v) is 7.02. The molecule has 0 radical (unpaired) electrons. The first-order valence-corrected chi connectivity index (χ1v) is 8.58. The van der Waals surface area contributed by atoms with Crippen LogP contribution in [-0.2, 0) is 14.8 Å². The second kappa shape index (κ2) is 6.92. The number of esters is 1. The molecule has 7 heteroatoms. The van der Waals surface area contributed by atoms with Gasteiger partial charge in [-0.1, -0.05) is 24.3 Å². The standard InChI is InChI=1S/C17H19NO5S/c1-12-8-7-11-15(16(12)17(19)23-4)24(20,21)18(2)13-9-5-6-10-14(13)22-3/h5-11H,1-4H3. The number of sulfonamides is 1. The van der Waals surface area contributed by atoms with Crippen molar-refractivity contribution in [2.45, 2.75) is 11.8 Å². The van der Waals surface area contributed by atoms with E-state index < -0.39 is 16.0 Å². The van der Waals surface area contributed by atoms with Crippen LogP contribution in [0.25, 0.3) is 0 Å². The molecule has 2 rings (SSSR count). The number of para-hydroxylation sites is 2. The van der Waals surface area contributed by atoms with E-state index in [0.717, 1.165) is 4.31 Å². The summed E-state index contributed by atoms with van der Waals surface area (Å²) in [5.41, 5.74) is 0.926. The molecule has 0 aliphatic heterocycles. The lowest BCUT2D eigenvalue weighted by Crippen LogP contribution is -2.29. The Hall–Kier alpha value is -2.54. The SMILES string of the molecule is COC(=O)c1c(C)cccc1S(=O)(=O)N(C)c1ccccc1OC. The van der Waals surface area contributed by atoms with Crippen molar-refractivity contribution in [1.82, 2.24) is 0 Å². The number of aryl methyl sites for hydroxylation is 1. The van der Waals surface area contributed by atoms with Crippen LogP contribution < -0.4 is 9.04 Å². The summed E-state index contributed by atoms with van der Waals surface area (Å²) in [6, 6.07) is 11.4. The Bertz CT molecular complexity index is 861. The molecule has 0 aliphatic carbocycles. The van der Waals surface area contributed by atoms with Crippen LogP contribution in [0, 0.1) is 6.92 Å². The average Bonchev–Trinajstić information content (AvgIpc) is 2.60. The minimum atomic E-state index is -3.98. The van der Waals surface area contributed by atoms with Gasteiger partial charge in [-0.2, -0.15) is 0 Å². The minimum Gasteiger partial charge on any atom is -0.495 e. The zero-order valence-electron chi connectivity index (χ0n) is 13.9. The first-order valence-electron chi connectivity index (χ1n) is 7.14. The van der Waals surface area contributed by atoms with E-state index in [0.29, 0.717) is 17.0 Å². The van der Waals surface area contributed by atoms with Crippen molar-refractivity contribution < 1.29 is 22.7 Å². The van der Waals surface area contributed by atoms with Crippen molar-refractivity contribution >= 4 is 21.7 Å². The topological polar surface area (TPSA) is 72.9 Å². The van der Waals surface area contributed by atoms with E-state index in [9.17, 15) is 13.2 Å². The zero-order chi connectivity index (χ0) is 17.9. The Labute approximate surface area is 141 Å². The Kier molecular flexibility index (Phi) is 5.14. The third kappa shape index (κ3) is 3.07. The van der Waals surface area contributed by atoms with Crippen molar-refractivity contribution in [2.24, 2.45) is 0 Å². The third-order valence-corrected chi connectivity index (χ3v) is 5.50. The van der Waals surface area contributed by atoms with Gasteiger partial charge in [0.25, 0.3) is 10.0 Å². The summed E-state index contributed by atoms with van der Waals surface area (Å²) in [5, 5.41) is 0. The van der Waals surface area contributed by atoms with E-state index in [1.54, 1.807) is 43.3 Å². The molecule has 0 saturated carbocycles. The highest BCUT2D eigenvalue weighted by Gasteiger charge is 2.29. The number of methoxy groups -OCH3 is 2. The van der Waals surface area contributed by atoms with Crippen molar-refractivity contribution in [2.75, 3.05) is 25.6 Å². The third-order valence-electron chi connectivity index (χ3n) is 3.69. The fraction of sp³-hybridized carbons (Fsp3) is 0.235. The van der Waals surface area contributed by atoms with E-state index in [1.807, 2.05) is 0 Å². The van der Waals surface area contributed by atoms with E-state index in [2.05, 4.69) is 0 Å². The molecule has 0 spiro atoms. The van der Waals surface area contributed by atoms with Gasteiger partial charge in [-0.3, -0.25) is 4.31 Å². The van der Waals surface area contributed by atoms with Gasteiger partial charge in [-0.05, 0) is 30.7 Å². The maximum Gasteiger partial charge on any atom is 0.339 e. The van der Waals surface area contributed by atoms with Gasteiger partial charge in [0.05, 0.1) is 25.5 Å². The lowest BCUT2D eigenvalue weighted by Gasteiger charge is -2.23. The van der Waals surface area contributed by atoms with Gasteiger partial charge >= 0.3 is 5.97 Å². The van der Waals surface area contributed by atoms with Gasteiger partial charge in [0.15, 0.2) is 0 Å². The van der Waals surface area contributed by atoms with Crippen LogP contribution >= 0.6 is 0 Å². The van der Waals surface area contributed by atoms with Crippen LogP contribution in [0.5, 0.6) is 5.75 Å². The van der Waals surface area contributed by atoms with E-state index in [1.165, 1.54) is 27.3 Å². The molecule has 0 bridgehead atoms. The monoisotopic (exact) mass is 349 g/mol. The molecule has 0 unspecified atom stereocenters. The highest BCUT2D eigenvalue weighted by molar-refractivity contribution is 7.92. The highest BCUT2D eigenvalue weighted by Crippen LogP contribution is 2.32. The minimum absolute atomic E-state index is 0.0294. The molecule has 0 heterocycles. The molecule has 0 saturated heterocycles. The first-order chi connectivity index (χ1) is 11.3. The molecular weight excluding hydrogens is 330 g/mol. The second-order valence-electron chi connectivity index (χ2n) is 5.08. The van der Waals surface area contributed by atoms with Crippen LogP contribution in [0.3, 0.4) is 0 Å². The number of anilines is 1. The summed E-state index contributed by atoms with van der Waals surface area (Å²) in [7, 11) is 0.114. The molecule has 128 valence electrons. The predicted molar refractivity (Wildman–Crippen MR) is 91.1 cm³/mol. The fourth-order valence-electron chi connectivity index (χ4n) is 2.39. The number of hydrogen-bond donors (Lipinski definition) is 0. The van der Waals surface area contributed by atoms with E-state index >= 15 is 0 Å². The molecule has 0 aliphatic rings. The number of rotatable bonds is 5. The van der Waals surface area contributed by atoms with E-state index in [4.69, 9.17) is 9.47 Å². The summed E-state index contributed by atoms with van der Waals surface area (Å²) >= 11 is 0. The van der Waals surface area contributed by atoms with Gasteiger partial charge in [-0.15, -0.1) is 0 Å². The molecular formula is C17H19NO5S. The molecule has 2 aromatic rings. The molecule has 0 fully saturated rings. The quantitative estimate of drug-likeness (QED) is 0.776. The van der Waals surface area contributed by atoms with Gasteiger partial charge in [0, 0.05) is 7.05 Å². The number of benzene rings is 2. The Morgan fingerprint density at radius 1 is 1.04 bits per heavy atom. The molecule has 0 amide bonds. The smallest absolute Gasteiger partial charge is 0.339 e. The van der Waals surface area contributed by atoms with Crippen molar-refractivity contribution in [3.63, 3.8) is 0 Å². The number of carbonyl (C=O) groups is 1. The van der Waals surface area contributed by atoms with Gasteiger partial charge in [0.2, 0.25) is 0 Å². The van der Waals surface area contributed by atoms with E-state index in [-0.39, 0.29) is 10.5 Å². The molecule has 24 heavy (non-hydrogen) atoms. The summed E-state index contributed by atoms with van der Waals surface area (Å²) in [5.74, 6) is -0.282. The summed E-state index contributed by atoms with van der Waals surface area (Å²) in [6.07, 6.45) is 0. The number of hydrogen-bond acceptors (Lipinski definition) is 5. The van der Waals surface area contributed by atoms with Crippen LogP contribution in [0.1, 0.15) is 15.9 Å². The molecule has 0 atom stereocenters. The maximum atomic E-state index is 13.1. The fourth-order valence-corrected chi connectivity index (χ4v) is 3.84. The molecule has 0 N–H and O–H groups in total. The van der Waals surface area contributed by atoms with Crippen molar-refractivity contribution in [3.05, 3.63) is 53.6 Å². The largest absolute Gasteiger partial charge is 0.495 e.